The number of anilines is 3. The lowest BCUT2D eigenvalue weighted by Gasteiger charge is -2.23. The molecule has 3 aromatic heterocycles. The Morgan fingerprint density at radius 1 is 0.935 bits per heavy atom. The molecule has 0 atom stereocenters. The average Bonchev–Trinajstić information content (AvgIpc) is 3.33. The number of thiophene rings is 1. The van der Waals surface area contributed by atoms with E-state index >= 15 is 0 Å². The van der Waals surface area contributed by atoms with Crippen molar-refractivity contribution >= 4 is 28.5 Å². The van der Waals surface area contributed by atoms with Gasteiger partial charge in [0.25, 0.3) is 10.9 Å². The van der Waals surface area contributed by atoms with Crippen LogP contribution in [0.25, 0.3) is 0 Å². The van der Waals surface area contributed by atoms with Gasteiger partial charge in [-0.15, -0.1) is 11.3 Å². The summed E-state index contributed by atoms with van der Waals surface area (Å²) in [5.41, 5.74) is 0.736. The maximum absolute atomic E-state index is 12.0. The highest BCUT2D eigenvalue weighted by Crippen LogP contribution is 2.19. The van der Waals surface area contributed by atoms with Gasteiger partial charge >= 0.3 is 0 Å². The molecule has 0 amide bonds. The van der Waals surface area contributed by atoms with Crippen molar-refractivity contribution < 1.29 is 0 Å². The Kier molecular flexibility index (Phi) is 6.68. The second kappa shape index (κ2) is 9.99. The van der Waals surface area contributed by atoms with Gasteiger partial charge in [0, 0.05) is 43.1 Å². The first-order valence-corrected chi connectivity index (χ1v) is 11.0. The summed E-state index contributed by atoms with van der Waals surface area (Å²) in [6.45, 7) is 2.59. The second-order valence-electron chi connectivity index (χ2n) is 7.09. The van der Waals surface area contributed by atoms with Gasteiger partial charge in [-0.2, -0.15) is 0 Å². The monoisotopic (exact) mass is 433 g/mol. The molecule has 0 aliphatic heterocycles. The number of hydrogen-bond donors (Lipinski definition) is 2. The Morgan fingerprint density at radius 2 is 1.81 bits per heavy atom. The first-order valence-electron chi connectivity index (χ1n) is 10.1. The third-order valence-corrected chi connectivity index (χ3v) is 5.77. The zero-order valence-corrected chi connectivity index (χ0v) is 17.8. The van der Waals surface area contributed by atoms with Crippen molar-refractivity contribution in [3.05, 3.63) is 97.3 Å². The molecular weight excluding hydrogens is 410 g/mol. The zero-order valence-electron chi connectivity index (χ0n) is 17.0. The number of rotatable bonds is 11. The lowest BCUT2D eigenvalue weighted by molar-refractivity contribution is 0.742. The lowest BCUT2D eigenvalue weighted by Crippen LogP contribution is -2.37. The van der Waals surface area contributed by atoms with E-state index in [-0.39, 0.29) is 0 Å². The predicted molar refractivity (Wildman–Crippen MR) is 126 cm³/mol. The van der Waals surface area contributed by atoms with E-state index in [4.69, 9.17) is 0 Å². The van der Waals surface area contributed by atoms with E-state index in [1.165, 1.54) is 4.88 Å². The molecule has 0 aliphatic carbocycles. The van der Waals surface area contributed by atoms with Gasteiger partial charge in [-0.05, 0) is 41.6 Å². The average molecular weight is 434 g/mol. The van der Waals surface area contributed by atoms with Crippen LogP contribution in [-0.4, -0.2) is 23.1 Å². The fourth-order valence-corrected chi connectivity index (χ4v) is 4.03. The van der Waals surface area contributed by atoms with Gasteiger partial charge in [-0.3, -0.25) is 14.6 Å². The molecule has 0 saturated carbocycles. The minimum Gasteiger partial charge on any atom is -0.380 e. The Balaban J connectivity index is 1.32. The van der Waals surface area contributed by atoms with Crippen LogP contribution in [0, 0.1) is 0 Å². The van der Waals surface area contributed by atoms with Crippen molar-refractivity contribution in [2.45, 2.75) is 19.5 Å². The van der Waals surface area contributed by atoms with Crippen molar-refractivity contribution in [3.8, 4) is 0 Å². The van der Waals surface area contributed by atoms with Crippen LogP contribution in [0.3, 0.4) is 0 Å². The van der Waals surface area contributed by atoms with Crippen molar-refractivity contribution in [2.75, 3.05) is 28.6 Å². The molecule has 0 radical (unpaired) electrons. The Hall–Kier alpha value is -3.52. The van der Waals surface area contributed by atoms with Gasteiger partial charge in [0.2, 0.25) is 0 Å². The van der Waals surface area contributed by atoms with Gasteiger partial charge in [-0.25, -0.2) is 4.98 Å². The molecule has 4 aromatic rings. The Bertz CT molecular complexity index is 1160. The van der Waals surface area contributed by atoms with E-state index in [1.54, 1.807) is 29.9 Å². The summed E-state index contributed by atoms with van der Waals surface area (Å²) in [5.74, 6) is 0.920. The highest BCUT2D eigenvalue weighted by atomic mass is 32.1. The summed E-state index contributed by atoms with van der Waals surface area (Å²) in [7, 11) is 0. The molecule has 4 rings (SSSR count). The summed E-state index contributed by atoms with van der Waals surface area (Å²) in [5, 5.41) is 8.27. The quantitative estimate of drug-likeness (QED) is 0.277. The van der Waals surface area contributed by atoms with Crippen LogP contribution < -0.4 is 26.4 Å². The fourth-order valence-electron chi connectivity index (χ4n) is 3.31. The molecule has 0 saturated heterocycles. The van der Waals surface area contributed by atoms with Gasteiger partial charge in [0.05, 0.1) is 6.54 Å². The standard InChI is InChI=1S/C23H23N5O2S/c29-22-20(21(23(22)30)27-15-17-6-3-9-24-14-17)26-11-5-12-28(16-18-7-4-13-31-18)19-8-1-2-10-25-19/h1-4,6-10,13-14,26-27H,5,11-12,15-16H2. The second-order valence-corrected chi connectivity index (χ2v) is 8.12. The SMILES string of the molecule is O=c1c(NCCCN(Cc2cccs2)c2ccccn2)c(NCc2cccnc2)c1=O. The van der Waals surface area contributed by atoms with Gasteiger partial charge in [0.1, 0.15) is 17.2 Å². The molecule has 3 heterocycles. The summed E-state index contributed by atoms with van der Waals surface area (Å²) in [4.78, 5) is 36.0. The Morgan fingerprint density at radius 3 is 2.52 bits per heavy atom. The molecule has 0 unspecified atom stereocenters. The van der Waals surface area contributed by atoms with E-state index in [9.17, 15) is 9.59 Å². The van der Waals surface area contributed by atoms with Crippen LogP contribution in [0.15, 0.2) is 76.0 Å². The van der Waals surface area contributed by atoms with Crippen molar-refractivity contribution in [1.82, 2.24) is 9.97 Å². The summed E-state index contributed by atoms with van der Waals surface area (Å²) in [6, 6.07) is 13.8. The van der Waals surface area contributed by atoms with Crippen LogP contribution in [-0.2, 0) is 13.1 Å². The van der Waals surface area contributed by atoms with Crippen LogP contribution in [0.4, 0.5) is 17.2 Å². The van der Waals surface area contributed by atoms with Gasteiger partial charge in [0.15, 0.2) is 0 Å². The molecule has 158 valence electrons. The molecule has 0 fully saturated rings. The minimum atomic E-state index is -0.473. The molecular formula is C23H23N5O2S. The first-order chi connectivity index (χ1) is 15.2. The van der Waals surface area contributed by atoms with Crippen molar-refractivity contribution in [3.63, 3.8) is 0 Å². The number of pyridine rings is 2. The minimum absolute atomic E-state index is 0.356. The van der Waals surface area contributed by atoms with E-state index in [1.807, 2.05) is 36.4 Å². The van der Waals surface area contributed by atoms with Crippen molar-refractivity contribution in [2.24, 2.45) is 0 Å². The van der Waals surface area contributed by atoms with E-state index in [0.717, 1.165) is 30.9 Å². The van der Waals surface area contributed by atoms with Gasteiger partial charge in [-0.1, -0.05) is 18.2 Å². The molecule has 7 nitrogen and oxygen atoms in total. The summed E-state index contributed by atoms with van der Waals surface area (Å²) < 4.78 is 0. The summed E-state index contributed by atoms with van der Waals surface area (Å²) in [6.07, 6.45) is 6.01. The molecule has 0 bridgehead atoms. The predicted octanol–water partition coefficient (Wildman–Crippen LogP) is 3.26. The highest BCUT2D eigenvalue weighted by molar-refractivity contribution is 7.09. The van der Waals surface area contributed by atoms with Crippen LogP contribution in [0.1, 0.15) is 16.9 Å². The topological polar surface area (TPSA) is 87.2 Å². The number of hydrogen-bond acceptors (Lipinski definition) is 8. The van der Waals surface area contributed by atoms with Crippen LogP contribution in [0.5, 0.6) is 0 Å². The molecule has 8 heteroatoms. The van der Waals surface area contributed by atoms with Crippen LogP contribution >= 0.6 is 11.3 Å². The van der Waals surface area contributed by atoms with Crippen LogP contribution in [0.2, 0.25) is 0 Å². The van der Waals surface area contributed by atoms with E-state index in [0.29, 0.717) is 24.5 Å². The largest absolute Gasteiger partial charge is 0.380 e. The zero-order chi connectivity index (χ0) is 21.5. The third-order valence-electron chi connectivity index (χ3n) is 4.91. The number of nitrogens with zero attached hydrogens (tertiary/aromatic N) is 3. The van der Waals surface area contributed by atoms with Gasteiger partial charge < -0.3 is 15.5 Å². The van der Waals surface area contributed by atoms with E-state index in [2.05, 4.69) is 36.9 Å². The molecule has 0 spiro atoms. The summed E-state index contributed by atoms with van der Waals surface area (Å²) >= 11 is 1.72. The first kappa shape index (κ1) is 20.7. The normalized spacial score (nSPS) is 10.8. The smallest absolute Gasteiger partial charge is 0.253 e. The maximum Gasteiger partial charge on any atom is 0.253 e. The van der Waals surface area contributed by atoms with E-state index < -0.39 is 10.9 Å². The Labute approximate surface area is 184 Å². The molecule has 1 aromatic carbocycles. The van der Waals surface area contributed by atoms with Crippen molar-refractivity contribution in [1.29, 1.82) is 0 Å². The highest BCUT2D eigenvalue weighted by Gasteiger charge is 2.20. The third kappa shape index (κ3) is 5.16. The fraction of sp³-hybridized carbons (Fsp3) is 0.217. The maximum atomic E-state index is 12.0. The molecule has 31 heavy (non-hydrogen) atoms. The molecule has 0 aliphatic rings. The number of aromatic nitrogens is 2. The number of nitrogens with one attached hydrogen (secondary N) is 2. The lowest BCUT2D eigenvalue weighted by atomic mass is 10.1. The molecule has 2 N–H and O–H groups in total.